The third-order valence-electron chi connectivity index (χ3n) is 6.38. The van der Waals surface area contributed by atoms with Crippen LogP contribution in [0.2, 0.25) is 0 Å². The Morgan fingerprint density at radius 2 is 2.03 bits per heavy atom. The van der Waals surface area contributed by atoms with E-state index in [1.807, 2.05) is 6.92 Å². The number of aryl methyl sites for hydroxylation is 1. The number of aromatic nitrogens is 3. The van der Waals surface area contributed by atoms with Crippen molar-refractivity contribution in [1.82, 2.24) is 15.0 Å². The highest BCUT2D eigenvalue weighted by Gasteiger charge is 2.47. The summed E-state index contributed by atoms with van der Waals surface area (Å²) in [7, 11) is 0. The minimum atomic E-state index is -4.57. The van der Waals surface area contributed by atoms with Crippen LogP contribution in [-0.2, 0) is 17.5 Å². The van der Waals surface area contributed by atoms with Crippen LogP contribution >= 0.6 is 11.8 Å². The molecule has 0 saturated carbocycles. The van der Waals surface area contributed by atoms with Crippen molar-refractivity contribution in [3.05, 3.63) is 35.4 Å². The van der Waals surface area contributed by atoms with Crippen molar-refractivity contribution >= 4 is 17.6 Å². The highest BCUT2D eigenvalue weighted by Crippen LogP contribution is 2.43. The monoisotopic (exact) mass is 469 g/mol. The molecule has 2 aliphatic heterocycles. The first-order chi connectivity index (χ1) is 15.1. The van der Waals surface area contributed by atoms with E-state index in [2.05, 4.69) is 19.9 Å². The lowest BCUT2D eigenvalue weighted by molar-refractivity contribution is -0.143. The zero-order valence-corrected chi connectivity index (χ0v) is 18.7. The van der Waals surface area contributed by atoms with E-state index in [0.717, 1.165) is 30.8 Å². The molecule has 0 bridgehead atoms. The molecule has 2 aromatic heterocycles. The molecule has 2 fully saturated rings. The van der Waals surface area contributed by atoms with E-state index < -0.39 is 11.9 Å². The number of nitrogens with two attached hydrogens (primary N) is 1. The van der Waals surface area contributed by atoms with Crippen LogP contribution in [0, 0.1) is 12.3 Å². The summed E-state index contributed by atoms with van der Waals surface area (Å²) in [4.78, 5) is 14.6. The average molecular weight is 470 g/mol. The van der Waals surface area contributed by atoms with Crippen LogP contribution in [0.3, 0.4) is 0 Å². The molecule has 2 atom stereocenters. The average Bonchev–Trinajstić information content (AvgIpc) is 3.04. The van der Waals surface area contributed by atoms with Gasteiger partial charge in [0.25, 0.3) is 0 Å². The predicted octanol–water partition coefficient (Wildman–Crippen LogP) is 3.17. The Bertz CT molecular complexity index is 982. The molecule has 4 heterocycles. The molecule has 0 radical (unpaired) electrons. The molecular formula is C21H26F3N5O2S. The van der Waals surface area contributed by atoms with Gasteiger partial charge in [-0.3, -0.25) is 4.98 Å². The van der Waals surface area contributed by atoms with Crippen molar-refractivity contribution in [2.75, 3.05) is 24.6 Å². The quantitative estimate of drug-likeness (QED) is 0.705. The molecule has 2 saturated heterocycles. The van der Waals surface area contributed by atoms with Gasteiger partial charge in [0.1, 0.15) is 10.7 Å². The van der Waals surface area contributed by atoms with Gasteiger partial charge < -0.3 is 20.5 Å². The SMILES string of the molecule is Cc1nc(N2CCC3(CC2)CO[C@@H](C)[C@H]3N)c(CO)nc1Sc1cccnc1C(F)(F)F. The molecule has 1 spiro atoms. The van der Waals surface area contributed by atoms with Crippen LogP contribution < -0.4 is 10.6 Å². The van der Waals surface area contributed by atoms with Crippen LogP contribution in [-0.4, -0.2) is 51.9 Å². The molecule has 32 heavy (non-hydrogen) atoms. The lowest BCUT2D eigenvalue weighted by atomic mass is 9.73. The lowest BCUT2D eigenvalue weighted by Crippen LogP contribution is -2.51. The van der Waals surface area contributed by atoms with Crippen molar-refractivity contribution in [1.29, 1.82) is 0 Å². The van der Waals surface area contributed by atoms with Gasteiger partial charge in [0.05, 0.1) is 25.0 Å². The van der Waals surface area contributed by atoms with Crippen LogP contribution in [0.1, 0.15) is 36.8 Å². The summed E-state index contributed by atoms with van der Waals surface area (Å²) in [5.74, 6) is 0.562. The van der Waals surface area contributed by atoms with Gasteiger partial charge in [0.2, 0.25) is 0 Å². The van der Waals surface area contributed by atoms with Gasteiger partial charge in [-0.25, -0.2) is 9.97 Å². The second-order valence-corrected chi connectivity index (χ2v) is 9.41. The zero-order chi connectivity index (χ0) is 23.1. The van der Waals surface area contributed by atoms with E-state index in [4.69, 9.17) is 10.5 Å². The van der Waals surface area contributed by atoms with Gasteiger partial charge in [-0.1, -0.05) is 11.8 Å². The molecule has 2 aliphatic rings. The van der Waals surface area contributed by atoms with Crippen molar-refractivity contribution in [2.45, 2.75) is 61.5 Å². The maximum atomic E-state index is 13.3. The second-order valence-electron chi connectivity index (χ2n) is 8.38. The highest BCUT2D eigenvalue weighted by atomic mass is 32.2. The topological polar surface area (TPSA) is 97.4 Å². The summed E-state index contributed by atoms with van der Waals surface area (Å²) < 4.78 is 45.7. The van der Waals surface area contributed by atoms with Crippen LogP contribution in [0.15, 0.2) is 28.3 Å². The number of nitrogens with zero attached hydrogens (tertiary/aromatic N) is 4. The smallest absolute Gasteiger partial charge is 0.390 e. The molecule has 3 N–H and O–H groups in total. The fourth-order valence-corrected chi connectivity index (χ4v) is 5.38. The number of hydrogen-bond acceptors (Lipinski definition) is 8. The molecule has 7 nitrogen and oxygen atoms in total. The van der Waals surface area contributed by atoms with E-state index >= 15 is 0 Å². The maximum Gasteiger partial charge on any atom is 0.434 e. The van der Waals surface area contributed by atoms with Crippen molar-refractivity contribution in [2.24, 2.45) is 11.1 Å². The molecular weight excluding hydrogens is 443 g/mol. The standard InChI is InChI=1S/C21H26F3N5O2S/c1-12-19(32-15-4-3-7-26-17(15)21(22,23)24)28-14(10-30)18(27-12)29-8-5-20(6-9-29)11-31-13(2)16(20)25/h3-4,7,13,16,30H,5-6,8-11,25H2,1-2H3/t13-,16+/m0/s1. The van der Waals surface area contributed by atoms with Gasteiger partial charge in [-0.05, 0) is 38.8 Å². The molecule has 174 valence electrons. The van der Waals surface area contributed by atoms with Crippen LogP contribution in [0.25, 0.3) is 0 Å². The van der Waals surface area contributed by atoms with Gasteiger partial charge >= 0.3 is 6.18 Å². The van der Waals surface area contributed by atoms with Gasteiger partial charge in [-0.15, -0.1) is 0 Å². The number of aliphatic hydroxyl groups is 1. The number of pyridine rings is 1. The number of anilines is 1. The highest BCUT2D eigenvalue weighted by molar-refractivity contribution is 7.99. The van der Waals surface area contributed by atoms with Gasteiger partial charge in [0, 0.05) is 35.6 Å². The predicted molar refractivity (Wildman–Crippen MR) is 113 cm³/mol. The van der Waals surface area contributed by atoms with Crippen molar-refractivity contribution < 1.29 is 23.0 Å². The Balaban J connectivity index is 1.57. The van der Waals surface area contributed by atoms with E-state index in [9.17, 15) is 18.3 Å². The lowest BCUT2D eigenvalue weighted by Gasteiger charge is -2.42. The van der Waals surface area contributed by atoms with Crippen LogP contribution in [0.4, 0.5) is 19.0 Å². The Labute approximate surface area is 188 Å². The zero-order valence-electron chi connectivity index (χ0n) is 17.9. The van der Waals surface area contributed by atoms with Crippen LogP contribution in [0.5, 0.6) is 0 Å². The number of alkyl halides is 3. The minimum absolute atomic E-state index is 0.0177. The number of ether oxygens (including phenoxy) is 1. The number of aliphatic hydroxyl groups excluding tert-OH is 1. The first kappa shape index (κ1) is 23.2. The van der Waals surface area contributed by atoms with Crippen molar-refractivity contribution in [3.8, 4) is 0 Å². The third kappa shape index (κ3) is 4.30. The molecule has 11 heteroatoms. The van der Waals surface area contributed by atoms with Gasteiger partial charge in [-0.2, -0.15) is 13.2 Å². The summed E-state index contributed by atoms with van der Waals surface area (Å²) in [5, 5.41) is 10.2. The first-order valence-corrected chi connectivity index (χ1v) is 11.3. The summed E-state index contributed by atoms with van der Waals surface area (Å²) >= 11 is 0.850. The molecule has 0 aromatic carbocycles. The van der Waals surface area contributed by atoms with E-state index in [1.165, 1.54) is 12.1 Å². The van der Waals surface area contributed by atoms with E-state index in [-0.39, 0.29) is 29.1 Å². The third-order valence-corrected chi connectivity index (χ3v) is 7.51. The van der Waals surface area contributed by atoms with Crippen molar-refractivity contribution in [3.63, 3.8) is 0 Å². The maximum absolute atomic E-state index is 13.3. The minimum Gasteiger partial charge on any atom is -0.390 e. The Morgan fingerprint density at radius 3 is 2.62 bits per heavy atom. The number of rotatable bonds is 4. The summed E-state index contributed by atoms with van der Waals surface area (Å²) in [6.45, 7) is 5.36. The number of hydrogen-bond donors (Lipinski definition) is 2. The summed E-state index contributed by atoms with van der Waals surface area (Å²) in [5.41, 5.74) is 6.20. The van der Waals surface area contributed by atoms with E-state index in [0.29, 0.717) is 41.9 Å². The summed E-state index contributed by atoms with van der Waals surface area (Å²) in [6.07, 6.45) is -1.76. The normalized spacial score (nSPS) is 23.2. The fraction of sp³-hybridized carbons (Fsp3) is 0.571. The molecule has 4 rings (SSSR count). The summed E-state index contributed by atoms with van der Waals surface area (Å²) in [6, 6.07) is 2.78. The number of piperidine rings is 1. The van der Waals surface area contributed by atoms with E-state index in [1.54, 1.807) is 6.92 Å². The molecule has 2 aromatic rings. The Hall–Kier alpha value is -1.95. The fourth-order valence-electron chi connectivity index (χ4n) is 4.41. The first-order valence-electron chi connectivity index (χ1n) is 10.5. The second kappa shape index (κ2) is 8.77. The largest absolute Gasteiger partial charge is 0.434 e. The Morgan fingerprint density at radius 1 is 1.31 bits per heavy atom. The molecule has 0 amide bonds. The molecule has 0 unspecified atom stereocenters. The Kier molecular flexibility index (Phi) is 6.36. The van der Waals surface area contributed by atoms with Gasteiger partial charge in [0.15, 0.2) is 11.5 Å². The molecule has 0 aliphatic carbocycles. The number of halogens is 3.